The van der Waals surface area contributed by atoms with Gasteiger partial charge in [-0.2, -0.15) is 0 Å². The van der Waals surface area contributed by atoms with Gasteiger partial charge in [0.15, 0.2) is 11.5 Å². The number of nitrogens with one attached hydrogen (secondary N) is 1. The maximum Gasteiger partial charge on any atom is 0.358 e. The second-order valence-corrected chi connectivity index (χ2v) is 3.61. The SMILES string of the molecule is O=C(O)c1nccnc1NC(=O)c1c(F)cccc1F. The summed E-state index contributed by atoms with van der Waals surface area (Å²) in [5.41, 5.74) is -1.35. The van der Waals surface area contributed by atoms with E-state index in [0.717, 1.165) is 30.6 Å². The van der Waals surface area contributed by atoms with Crippen LogP contribution in [0.25, 0.3) is 0 Å². The average Bonchev–Trinajstić information content (AvgIpc) is 2.38. The Morgan fingerprint density at radius 3 is 2.30 bits per heavy atom. The number of carbonyl (C=O) groups excluding carboxylic acids is 1. The molecule has 0 saturated carbocycles. The van der Waals surface area contributed by atoms with Gasteiger partial charge in [0.05, 0.1) is 0 Å². The van der Waals surface area contributed by atoms with Crippen LogP contribution in [0.2, 0.25) is 0 Å². The van der Waals surface area contributed by atoms with Crippen LogP contribution < -0.4 is 5.32 Å². The van der Waals surface area contributed by atoms with Gasteiger partial charge in [0.2, 0.25) is 0 Å². The van der Waals surface area contributed by atoms with Crippen LogP contribution in [0.5, 0.6) is 0 Å². The highest BCUT2D eigenvalue weighted by Gasteiger charge is 2.20. The quantitative estimate of drug-likeness (QED) is 0.892. The Balaban J connectivity index is 2.36. The molecule has 8 heteroatoms. The molecule has 0 bridgehead atoms. The third-order valence-electron chi connectivity index (χ3n) is 2.32. The molecule has 2 N–H and O–H groups in total. The van der Waals surface area contributed by atoms with Gasteiger partial charge in [-0.3, -0.25) is 4.79 Å². The first kappa shape index (κ1) is 13.5. The second kappa shape index (κ2) is 5.39. The summed E-state index contributed by atoms with van der Waals surface area (Å²) in [5, 5.41) is 10.9. The standard InChI is InChI=1S/C12H7F2N3O3/c13-6-2-1-3-7(14)8(6)11(18)17-10-9(12(19)20)15-4-5-16-10/h1-5H,(H,19,20)(H,16,17,18). The molecule has 6 nitrogen and oxygen atoms in total. The molecule has 0 unspecified atom stereocenters. The Bertz CT molecular complexity index is 671. The predicted molar refractivity (Wildman–Crippen MR) is 63.3 cm³/mol. The minimum absolute atomic E-state index is 0.396. The van der Waals surface area contributed by atoms with Gasteiger partial charge in [-0.05, 0) is 12.1 Å². The van der Waals surface area contributed by atoms with Crippen LogP contribution in [0.1, 0.15) is 20.8 Å². The van der Waals surface area contributed by atoms with E-state index in [1.165, 1.54) is 0 Å². The molecule has 0 saturated heterocycles. The fraction of sp³-hybridized carbons (Fsp3) is 0. The molecule has 102 valence electrons. The summed E-state index contributed by atoms with van der Waals surface area (Å²) in [7, 11) is 0. The molecule has 1 aromatic carbocycles. The van der Waals surface area contributed by atoms with Crippen LogP contribution in [0, 0.1) is 11.6 Å². The summed E-state index contributed by atoms with van der Waals surface area (Å²) < 4.78 is 26.8. The van der Waals surface area contributed by atoms with Crippen molar-refractivity contribution in [3.05, 3.63) is 53.5 Å². The molecule has 0 aliphatic carbocycles. The number of carboxylic acid groups (broad SMARTS) is 1. The Morgan fingerprint density at radius 2 is 1.70 bits per heavy atom. The van der Waals surface area contributed by atoms with E-state index < -0.39 is 40.6 Å². The van der Waals surface area contributed by atoms with E-state index in [1.807, 2.05) is 5.32 Å². The summed E-state index contributed by atoms with van der Waals surface area (Å²) in [5.74, 6) is -5.11. The van der Waals surface area contributed by atoms with Crippen molar-refractivity contribution in [1.82, 2.24) is 9.97 Å². The summed E-state index contributed by atoms with van der Waals surface area (Å²) in [6.45, 7) is 0. The van der Waals surface area contributed by atoms with Gasteiger partial charge in [-0.15, -0.1) is 0 Å². The van der Waals surface area contributed by atoms with Crippen molar-refractivity contribution in [2.75, 3.05) is 5.32 Å². The van der Waals surface area contributed by atoms with Crippen molar-refractivity contribution in [1.29, 1.82) is 0 Å². The van der Waals surface area contributed by atoms with E-state index in [9.17, 15) is 18.4 Å². The first-order valence-corrected chi connectivity index (χ1v) is 5.30. The molecule has 0 aliphatic heterocycles. The average molecular weight is 279 g/mol. The Labute approximate surface area is 111 Å². The number of rotatable bonds is 3. The van der Waals surface area contributed by atoms with Crippen LogP contribution in [-0.4, -0.2) is 27.0 Å². The first-order chi connectivity index (χ1) is 9.50. The van der Waals surface area contributed by atoms with Crippen molar-refractivity contribution >= 4 is 17.7 Å². The minimum atomic E-state index is -1.43. The van der Waals surface area contributed by atoms with Gasteiger partial charge in [-0.1, -0.05) is 6.07 Å². The molecule has 0 aliphatic rings. The van der Waals surface area contributed by atoms with E-state index in [1.54, 1.807) is 0 Å². The second-order valence-electron chi connectivity index (χ2n) is 3.61. The lowest BCUT2D eigenvalue weighted by Crippen LogP contribution is -2.19. The van der Waals surface area contributed by atoms with Crippen LogP contribution in [0.3, 0.4) is 0 Å². The van der Waals surface area contributed by atoms with Gasteiger partial charge < -0.3 is 10.4 Å². The number of halogens is 2. The van der Waals surface area contributed by atoms with Crippen LogP contribution >= 0.6 is 0 Å². The fourth-order valence-corrected chi connectivity index (χ4v) is 1.47. The van der Waals surface area contributed by atoms with Crippen LogP contribution in [0.4, 0.5) is 14.6 Å². The number of hydrogen-bond donors (Lipinski definition) is 2. The zero-order valence-corrected chi connectivity index (χ0v) is 9.80. The lowest BCUT2D eigenvalue weighted by atomic mass is 10.2. The first-order valence-electron chi connectivity index (χ1n) is 5.30. The summed E-state index contributed by atoms with van der Waals surface area (Å²) in [6.07, 6.45) is 2.25. The van der Waals surface area contributed by atoms with Crippen LogP contribution in [-0.2, 0) is 0 Å². The van der Waals surface area contributed by atoms with Gasteiger partial charge in [-0.25, -0.2) is 23.5 Å². The Morgan fingerprint density at radius 1 is 1.10 bits per heavy atom. The minimum Gasteiger partial charge on any atom is -0.476 e. The van der Waals surface area contributed by atoms with E-state index in [0.29, 0.717) is 0 Å². The number of amides is 1. The van der Waals surface area contributed by atoms with Crippen molar-refractivity contribution in [3.63, 3.8) is 0 Å². The normalized spacial score (nSPS) is 10.1. The number of nitrogens with zero attached hydrogens (tertiary/aromatic N) is 2. The van der Waals surface area contributed by atoms with Gasteiger partial charge in [0.25, 0.3) is 5.91 Å². The lowest BCUT2D eigenvalue weighted by molar-refractivity contribution is 0.0691. The highest BCUT2D eigenvalue weighted by atomic mass is 19.1. The van der Waals surface area contributed by atoms with E-state index in [4.69, 9.17) is 5.11 Å². The van der Waals surface area contributed by atoms with Crippen molar-refractivity contribution < 1.29 is 23.5 Å². The fourth-order valence-electron chi connectivity index (χ4n) is 1.47. The topological polar surface area (TPSA) is 92.2 Å². The zero-order valence-electron chi connectivity index (χ0n) is 9.80. The molecule has 0 spiro atoms. The molecule has 1 aromatic heterocycles. The third-order valence-corrected chi connectivity index (χ3v) is 2.32. The summed E-state index contributed by atoms with van der Waals surface area (Å²) in [4.78, 5) is 29.8. The van der Waals surface area contributed by atoms with E-state index >= 15 is 0 Å². The molecule has 2 rings (SSSR count). The van der Waals surface area contributed by atoms with Gasteiger partial charge in [0.1, 0.15) is 17.2 Å². The van der Waals surface area contributed by atoms with Gasteiger partial charge >= 0.3 is 5.97 Å². The molecule has 20 heavy (non-hydrogen) atoms. The Kier molecular flexibility index (Phi) is 3.65. The molecule has 0 fully saturated rings. The molecule has 1 amide bonds. The van der Waals surface area contributed by atoms with Crippen LogP contribution in [0.15, 0.2) is 30.6 Å². The summed E-state index contributed by atoms with van der Waals surface area (Å²) in [6, 6.07) is 2.92. The number of carboxylic acids is 1. The maximum absolute atomic E-state index is 13.4. The number of carbonyl (C=O) groups is 2. The largest absolute Gasteiger partial charge is 0.476 e. The molecular formula is C12H7F2N3O3. The van der Waals surface area contributed by atoms with Crippen molar-refractivity contribution in [3.8, 4) is 0 Å². The predicted octanol–water partition coefficient (Wildman–Crippen LogP) is 1.71. The number of aromatic nitrogens is 2. The molecule has 1 heterocycles. The van der Waals surface area contributed by atoms with Crippen molar-refractivity contribution in [2.45, 2.75) is 0 Å². The van der Waals surface area contributed by atoms with E-state index in [2.05, 4.69) is 9.97 Å². The highest BCUT2D eigenvalue weighted by molar-refractivity contribution is 6.06. The number of benzene rings is 1. The van der Waals surface area contributed by atoms with Gasteiger partial charge in [0, 0.05) is 12.4 Å². The molecule has 2 aromatic rings. The number of anilines is 1. The van der Waals surface area contributed by atoms with Crippen molar-refractivity contribution in [2.24, 2.45) is 0 Å². The van der Waals surface area contributed by atoms with E-state index in [-0.39, 0.29) is 0 Å². The number of hydrogen-bond acceptors (Lipinski definition) is 4. The summed E-state index contributed by atoms with van der Waals surface area (Å²) >= 11 is 0. The third kappa shape index (κ3) is 2.58. The Hall–Kier alpha value is -2.90. The molecule has 0 radical (unpaired) electrons. The monoisotopic (exact) mass is 279 g/mol. The number of aromatic carboxylic acids is 1. The highest BCUT2D eigenvalue weighted by Crippen LogP contribution is 2.15. The molecule has 0 atom stereocenters. The lowest BCUT2D eigenvalue weighted by Gasteiger charge is -2.07. The molecular weight excluding hydrogens is 272 g/mol. The maximum atomic E-state index is 13.4. The zero-order chi connectivity index (χ0) is 14.7. The smallest absolute Gasteiger partial charge is 0.358 e.